The van der Waals surface area contributed by atoms with E-state index in [1.165, 1.54) is 11.3 Å². The first kappa shape index (κ1) is 15.7. The molecule has 5 heteroatoms. The van der Waals surface area contributed by atoms with Crippen molar-refractivity contribution in [2.75, 3.05) is 6.61 Å². The second kappa shape index (κ2) is 6.57. The van der Waals surface area contributed by atoms with E-state index in [2.05, 4.69) is 63.0 Å². The Kier molecular flexibility index (Phi) is 4.29. The van der Waals surface area contributed by atoms with E-state index in [1.807, 2.05) is 12.1 Å². The highest BCUT2D eigenvalue weighted by Gasteiger charge is 2.12. The van der Waals surface area contributed by atoms with Gasteiger partial charge in [0.15, 0.2) is 4.96 Å². The van der Waals surface area contributed by atoms with Gasteiger partial charge in [-0.2, -0.15) is 0 Å². The predicted octanol–water partition coefficient (Wildman–Crippen LogP) is 6.16. The molecule has 122 valence electrons. The zero-order chi connectivity index (χ0) is 16.5. The van der Waals surface area contributed by atoms with Gasteiger partial charge in [0.05, 0.1) is 23.3 Å². The lowest BCUT2D eigenvalue weighted by Gasteiger charge is -2.06. The number of hydrogen-bond donors (Lipinski definition) is 0. The molecule has 0 aliphatic rings. The molecule has 0 aliphatic carbocycles. The van der Waals surface area contributed by atoms with Gasteiger partial charge < -0.3 is 4.74 Å². The third-order valence-electron chi connectivity index (χ3n) is 4.02. The van der Waals surface area contributed by atoms with Crippen LogP contribution in [0.5, 0.6) is 5.75 Å². The Morgan fingerprint density at radius 3 is 2.79 bits per heavy atom. The lowest BCUT2D eigenvalue weighted by molar-refractivity contribution is 0.309. The number of benzene rings is 2. The van der Waals surface area contributed by atoms with E-state index >= 15 is 0 Å². The molecule has 0 amide bonds. The normalized spacial score (nSPS) is 11.4. The summed E-state index contributed by atoms with van der Waals surface area (Å²) in [5, 5.41) is 2.16. The number of nitrogens with zero attached hydrogens (tertiary/aromatic N) is 2. The van der Waals surface area contributed by atoms with Gasteiger partial charge in [-0.1, -0.05) is 29.3 Å². The van der Waals surface area contributed by atoms with Crippen LogP contribution in [0.3, 0.4) is 0 Å². The molecule has 24 heavy (non-hydrogen) atoms. The second-order valence-electron chi connectivity index (χ2n) is 5.71. The summed E-state index contributed by atoms with van der Waals surface area (Å²) in [7, 11) is 0. The first-order valence-electron chi connectivity index (χ1n) is 8.04. The average Bonchev–Trinajstić information content (AvgIpc) is 3.14. The molecule has 0 radical (unpaired) electrons. The number of halogens is 1. The first-order chi connectivity index (χ1) is 11.8. The third-order valence-corrected chi connectivity index (χ3v) is 5.34. The zero-order valence-corrected chi connectivity index (χ0v) is 15.7. The number of hydrogen-bond acceptors (Lipinski definition) is 3. The van der Waals surface area contributed by atoms with E-state index in [0.717, 1.165) is 45.7 Å². The topological polar surface area (TPSA) is 26.5 Å². The molecule has 4 rings (SSSR count). The van der Waals surface area contributed by atoms with Crippen molar-refractivity contribution in [2.45, 2.75) is 19.8 Å². The van der Waals surface area contributed by atoms with Crippen molar-refractivity contribution in [3.63, 3.8) is 0 Å². The smallest absolute Gasteiger partial charge is 0.195 e. The zero-order valence-electron chi connectivity index (χ0n) is 13.3. The number of aromatic nitrogens is 2. The van der Waals surface area contributed by atoms with Crippen molar-refractivity contribution in [2.24, 2.45) is 0 Å². The fraction of sp³-hybridized carbons (Fsp3) is 0.211. The van der Waals surface area contributed by atoms with Gasteiger partial charge in [-0.3, -0.25) is 4.40 Å². The molecular weight excluding hydrogens is 384 g/mol. The van der Waals surface area contributed by atoms with Gasteiger partial charge in [0, 0.05) is 9.85 Å². The van der Waals surface area contributed by atoms with Gasteiger partial charge in [-0.05, 0) is 54.4 Å². The van der Waals surface area contributed by atoms with E-state index in [-0.39, 0.29) is 0 Å². The summed E-state index contributed by atoms with van der Waals surface area (Å²) in [4.78, 5) is 5.73. The molecule has 0 bridgehead atoms. The number of imidazole rings is 1. The Labute approximate surface area is 153 Å². The molecule has 0 atom stereocenters. The summed E-state index contributed by atoms with van der Waals surface area (Å²) in [5.41, 5.74) is 4.48. The predicted molar refractivity (Wildman–Crippen MR) is 104 cm³/mol. The molecule has 0 aliphatic heterocycles. The maximum absolute atomic E-state index is 5.75. The molecule has 2 aromatic heterocycles. The number of rotatable bonds is 5. The van der Waals surface area contributed by atoms with Gasteiger partial charge in [-0.25, -0.2) is 4.98 Å². The molecule has 0 N–H and O–H groups in total. The minimum atomic E-state index is 0.777. The van der Waals surface area contributed by atoms with Gasteiger partial charge in [0.2, 0.25) is 0 Å². The van der Waals surface area contributed by atoms with Crippen LogP contribution in [0.2, 0.25) is 0 Å². The van der Waals surface area contributed by atoms with Crippen LogP contribution in [0.15, 0.2) is 52.3 Å². The van der Waals surface area contributed by atoms with Gasteiger partial charge in [-0.15, -0.1) is 11.3 Å². The van der Waals surface area contributed by atoms with E-state index < -0.39 is 0 Å². The quantitative estimate of drug-likeness (QED) is 0.375. The molecule has 2 heterocycles. The Hall–Kier alpha value is -1.85. The van der Waals surface area contributed by atoms with E-state index in [1.54, 1.807) is 11.3 Å². The van der Waals surface area contributed by atoms with Gasteiger partial charge in [0.25, 0.3) is 0 Å². The van der Waals surface area contributed by atoms with Crippen LogP contribution in [0.4, 0.5) is 0 Å². The molecule has 3 nitrogen and oxygen atoms in total. The molecule has 0 saturated carbocycles. The SMILES string of the molecule is CCCCOc1ccc(-c2csc3nc4cc(Br)ccc4n23)cc1. The van der Waals surface area contributed by atoms with E-state index in [4.69, 9.17) is 9.72 Å². The van der Waals surface area contributed by atoms with Crippen molar-refractivity contribution >= 4 is 43.3 Å². The van der Waals surface area contributed by atoms with Crippen LogP contribution in [0.25, 0.3) is 27.3 Å². The minimum absolute atomic E-state index is 0.777. The van der Waals surface area contributed by atoms with Gasteiger partial charge in [0.1, 0.15) is 5.75 Å². The summed E-state index contributed by atoms with van der Waals surface area (Å²) >= 11 is 5.18. The van der Waals surface area contributed by atoms with Crippen molar-refractivity contribution in [1.29, 1.82) is 0 Å². The average molecular weight is 401 g/mol. The largest absolute Gasteiger partial charge is 0.494 e. The Morgan fingerprint density at radius 2 is 2.00 bits per heavy atom. The minimum Gasteiger partial charge on any atom is -0.494 e. The first-order valence-corrected chi connectivity index (χ1v) is 9.72. The van der Waals surface area contributed by atoms with Crippen LogP contribution >= 0.6 is 27.3 Å². The molecule has 0 unspecified atom stereocenters. The molecule has 0 spiro atoms. The Bertz CT molecular complexity index is 988. The molecule has 0 saturated heterocycles. The molecule has 2 aromatic carbocycles. The lowest BCUT2D eigenvalue weighted by atomic mass is 10.1. The van der Waals surface area contributed by atoms with Crippen LogP contribution in [0.1, 0.15) is 19.8 Å². The second-order valence-corrected chi connectivity index (χ2v) is 7.46. The van der Waals surface area contributed by atoms with Crippen LogP contribution in [0, 0.1) is 0 Å². The van der Waals surface area contributed by atoms with Crippen LogP contribution in [-0.2, 0) is 0 Å². The number of ether oxygens (including phenoxy) is 1. The summed E-state index contributed by atoms with van der Waals surface area (Å²) < 4.78 is 9.03. The summed E-state index contributed by atoms with van der Waals surface area (Å²) in [5.74, 6) is 0.929. The van der Waals surface area contributed by atoms with Crippen molar-refractivity contribution in [1.82, 2.24) is 9.38 Å². The Morgan fingerprint density at radius 1 is 1.17 bits per heavy atom. The van der Waals surface area contributed by atoms with Crippen molar-refractivity contribution in [3.8, 4) is 17.0 Å². The van der Waals surface area contributed by atoms with Crippen molar-refractivity contribution < 1.29 is 4.74 Å². The molecular formula is C19H17BrN2OS. The highest BCUT2D eigenvalue weighted by Crippen LogP contribution is 2.32. The monoisotopic (exact) mass is 400 g/mol. The highest BCUT2D eigenvalue weighted by molar-refractivity contribution is 9.10. The number of unbranched alkanes of at least 4 members (excludes halogenated alkanes) is 1. The molecule has 4 aromatic rings. The maximum atomic E-state index is 5.75. The molecule has 0 fully saturated rings. The summed E-state index contributed by atoms with van der Waals surface area (Å²) in [6.07, 6.45) is 2.23. The summed E-state index contributed by atoms with van der Waals surface area (Å²) in [6, 6.07) is 14.6. The number of thiazole rings is 1. The van der Waals surface area contributed by atoms with Crippen LogP contribution in [-0.4, -0.2) is 16.0 Å². The van der Waals surface area contributed by atoms with Gasteiger partial charge >= 0.3 is 0 Å². The van der Waals surface area contributed by atoms with Crippen molar-refractivity contribution in [3.05, 3.63) is 52.3 Å². The fourth-order valence-corrected chi connectivity index (χ4v) is 4.02. The van der Waals surface area contributed by atoms with Crippen LogP contribution < -0.4 is 4.74 Å². The van der Waals surface area contributed by atoms with E-state index in [0.29, 0.717) is 0 Å². The van der Waals surface area contributed by atoms with E-state index in [9.17, 15) is 0 Å². The summed E-state index contributed by atoms with van der Waals surface area (Å²) in [6.45, 7) is 2.95. The highest BCUT2D eigenvalue weighted by atomic mass is 79.9. The third kappa shape index (κ3) is 2.82. The number of fused-ring (bicyclic) bond motifs is 3. The Balaban J connectivity index is 1.72. The fourth-order valence-electron chi connectivity index (χ4n) is 2.76. The maximum Gasteiger partial charge on any atom is 0.195 e. The standard InChI is InChI=1S/C19H17BrN2OS/c1-2-3-10-23-15-7-4-13(5-8-15)18-12-24-19-21-16-11-14(20)6-9-17(16)22(18)19/h4-9,11-12H,2-3,10H2,1H3. The lowest BCUT2D eigenvalue weighted by Crippen LogP contribution is -1.96.